The van der Waals surface area contributed by atoms with E-state index in [9.17, 15) is 13.2 Å². The SMILES string of the molecule is Cc1ccccc1CN1CCN(C(=O)CCS(=O)(=O)c2ccc(Cl)cc2)CC1. The number of carbonyl (C=O) groups excluding carboxylic acids is 1. The van der Waals surface area contributed by atoms with Crippen molar-refractivity contribution in [2.75, 3.05) is 31.9 Å². The standard InChI is InChI=1S/C21H25ClN2O3S/c1-17-4-2-3-5-18(17)16-23-11-13-24(14-12-23)21(25)10-15-28(26,27)20-8-6-19(22)7-9-20/h2-9H,10-16H2,1H3. The lowest BCUT2D eigenvalue weighted by Crippen LogP contribution is -2.48. The largest absolute Gasteiger partial charge is 0.340 e. The summed E-state index contributed by atoms with van der Waals surface area (Å²) in [7, 11) is -3.48. The molecule has 1 amide bonds. The highest BCUT2D eigenvalue weighted by atomic mass is 35.5. The number of hydrogen-bond donors (Lipinski definition) is 0. The first-order chi connectivity index (χ1) is 13.3. The summed E-state index contributed by atoms with van der Waals surface area (Å²) in [6.07, 6.45) is 0.00273. The van der Waals surface area contributed by atoms with Crippen LogP contribution >= 0.6 is 11.6 Å². The average Bonchev–Trinajstić information content (AvgIpc) is 2.69. The van der Waals surface area contributed by atoms with Crippen LogP contribution in [0.3, 0.4) is 0 Å². The van der Waals surface area contributed by atoms with Gasteiger partial charge in [-0.05, 0) is 42.3 Å². The monoisotopic (exact) mass is 420 g/mol. The van der Waals surface area contributed by atoms with Crippen LogP contribution in [0.1, 0.15) is 17.5 Å². The fourth-order valence-electron chi connectivity index (χ4n) is 3.32. The van der Waals surface area contributed by atoms with Crippen LogP contribution in [0.15, 0.2) is 53.4 Å². The van der Waals surface area contributed by atoms with E-state index in [0.717, 1.165) is 19.6 Å². The van der Waals surface area contributed by atoms with E-state index in [1.54, 1.807) is 17.0 Å². The quantitative estimate of drug-likeness (QED) is 0.720. The smallest absolute Gasteiger partial charge is 0.223 e. The molecule has 0 spiro atoms. The molecular weight excluding hydrogens is 396 g/mol. The molecule has 150 valence electrons. The van der Waals surface area contributed by atoms with Gasteiger partial charge >= 0.3 is 0 Å². The maximum atomic E-state index is 12.5. The van der Waals surface area contributed by atoms with Gasteiger partial charge in [0.2, 0.25) is 5.91 Å². The summed E-state index contributed by atoms with van der Waals surface area (Å²) < 4.78 is 24.8. The number of halogens is 1. The number of amides is 1. The number of benzene rings is 2. The molecule has 1 aliphatic heterocycles. The summed E-state index contributed by atoms with van der Waals surface area (Å²) in [6, 6.07) is 14.4. The Hall–Kier alpha value is -1.89. The molecule has 2 aromatic rings. The van der Waals surface area contributed by atoms with Gasteiger partial charge < -0.3 is 4.90 Å². The maximum Gasteiger partial charge on any atom is 0.223 e. The highest BCUT2D eigenvalue weighted by molar-refractivity contribution is 7.91. The molecule has 0 atom stereocenters. The van der Waals surface area contributed by atoms with Crippen molar-refractivity contribution in [3.05, 3.63) is 64.7 Å². The second-order valence-corrected chi connectivity index (χ2v) is 9.65. The molecule has 0 radical (unpaired) electrons. The Morgan fingerprint density at radius 2 is 1.64 bits per heavy atom. The lowest BCUT2D eigenvalue weighted by molar-refractivity contribution is -0.132. The maximum absolute atomic E-state index is 12.5. The van der Waals surface area contributed by atoms with Gasteiger partial charge in [-0.2, -0.15) is 0 Å². The van der Waals surface area contributed by atoms with Crippen molar-refractivity contribution in [1.29, 1.82) is 0 Å². The molecule has 5 nitrogen and oxygen atoms in total. The predicted molar refractivity (Wildman–Crippen MR) is 111 cm³/mol. The summed E-state index contributed by atoms with van der Waals surface area (Å²) >= 11 is 5.80. The number of piperazine rings is 1. The van der Waals surface area contributed by atoms with Crippen LogP contribution in [0.4, 0.5) is 0 Å². The van der Waals surface area contributed by atoms with Crippen LogP contribution < -0.4 is 0 Å². The van der Waals surface area contributed by atoms with Crippen molar-refractivity contribution in [2.24, 2.45) is 0 Å². The number of hydrogen-bond acceptors (Lipinski definition) is 4. The van der Waals surface area contributed by atoms with Crippen molar-refractivity contribution < 1.29 is 13.2 Å². The number of carbonyl (C=O) groups is 1. The molecule has 0 N–H and O–H groups in total. The number of rotatable bonds is 6. The Morgan fingerprint density at radius 3 is 2.29 bits per heavy atom. The van der Waals surface area contributed by atoms with Crippen LogP contribution in [-0.2, 0) is 21.2 Å². The lowest BCUT2D eigenvalue weighted by Gasteiger charge is -2.35. The van der Waals surface area contributed by atoms with Gasteiger partial charge in [-0.15, -0.1) is 0 Å². The van der Waals surface area contributed by atoms with Crippen LogP contribution in [0, 0.1) is 6.92 Å². The first-order valence-electron chi connectivity index (χ1n) is 9.38. The molecule has 1 aliphatic rings. The Labute approximate surface area is 171 Å². The van der Waals surface area contributed by atoms with Crippen LogP contribution in [0.5, 0.6) is 0 Å². The summed E-state index contributed by atoms with van der Waals surface area (Å²) in [5, 5.41) is 0.485. The number of sulfone groups is 1. The molecule has 0 bridgehead atoms. The lowest BCUT2D eigenvalue weighted by atomic mass is 10.1. The second kappa shape index (κ2) is 9.07. The van der Waals surface area contributed by atoms with Crippen molar-refractivity contribution in [2.45, 2.75) is 24.8 Å². The van der Waals surface area contributed by atoms with Gasteiger partial charge in [-0.25, -0.2) is 8.42 Å². The van der Waals surface area contributed by atoms with Crippen molar-refractivity contribution in [3.63, 3.8) is 0 Å². The van der Waals surface area contributed by atoms with Gasteiger partial charge in [0.1, 0.15) is 0 Å². The molecule has 1 saturated heterocycles. The third-order valence-electron chi connectivity index (χ3n) is 5.14. The van der Waals surface area contributed by atoms with Crippen LogP contribution in [-0.4, -0.2) is 56.1 Å². The van der Waals surface area contributed by atoms with E-state index in [0.29, 0.717) is 18.1 Å². The van der Waals surface area contributed by atoms with Gasteiger partial charge in [-0.3, -0.25) is 9.69 Å². The van der Waals surface area contributed by atoms with Gasteiger partial charge in [0.15, 0.2) is 9.84 Å². The van der Waals surface area contributed by atoms with Gasteiger partial charge in [0, 0.05) is 44.2 Å². The van der Waals surface area contributed by atoms with Crippen LogP contribution in [0.2, 0.25) is 5.02 Å². The van der Waals surface area contributed by atoms with Crippen molar-refractivity contribution >= 4 is 27.3 Å². The third kappa shape index (κ3) is 5.34. The van der Waals surface area contributed by atoms with E-state index >= 15 is 0 Å². The van der Waals surface area contributed by atoms with E-state index in [4.69, 9.17) is 11.6 Å². The highest BCUT2D eigenvalue weighted by Crippen LogP contribution is 2.17. The van der Waals surface area contributed by atoms with Crippen LogP contribution in [0.25, 0.3) is 0 Å². The van der Waals surface area contributed by atoms with Gasteiger partial charge in [0.05, 0.1) is 10.6 Å². The minimum absolute atomic E-state index is 0.00273. The summed E-state index contributed by atoms with van der Waals surface area (Å²) in [5.74, 6) is -0.287. The normalized spacial score (nSPS) is 15.6. The molecule has 28 heavy (non-hydrogen) atoms. The average molecular weight is 421 g/mol. The first-order valence-corrected chi connectivity index (χ1v) is 11.4. The fraction of sp³-hybridized carbons (Fsp3) is 0.381. The molecule has 2 aromatic carbocycles. The number of aryl methyl sites for hydroxylation is 1. The van der Waals surface area contributed by atoms with E-state index in [2.05, 4.69) is 24.0 Å². The Bertz CT molecular complexity index is 921. The zero-order valence-corrected chi connectivity index (χ0v) is 17.5. The van der Waals surface area contributed by atoms with Gasteiger partial charge in [0.25, 0.3) is 0 Å². The molecule has 0 saturated carbocycles. The predicted octanol–water partition coefficient (Wildman–Crippen LogP) is 3.16. The van der Waals surface area contributed by atoms with Gasteiger partial charge in [-0.1, -0.05) is 35.9 Å². The third-order valence-corrected chi connectivity index (χ3v) is 7.12. The highest BCUT2D eigenvalue weighted by Gasteiger charge is 2.23. The summed E-state index contributed by atoms with van der Waals surface area (Å²) in [5.41, 5.74) is 2.57. The van der Waals surface area contributed by atoms with E-state index in [-0.39, 0.29) is 23.0 Å². The summed E-state index contributed by atoms with van der Waals surface area (Å²) in [4.78, 5) is 16.8. The topological polar surface area (TPSA) is 57.7 Å². The molecule has 7 heteroatoms. The summed E-state index contributed by atoms with van der Waals surface area (Å²) in [6.45, 7) is 5.83. The minimum Gasteiger partial charge on any atom is -0.340 e. The second-order valence-electron chi connectivity index (χ2n) is 7.11. The first kappa shape index (κ1) is 20.8. The Kier molecular flexibility index (Phi) is 6.75. The van der Waals surface area contributed by atoms with Crippen molar-refractivity contribution in [3.8, 4) is 0 Å². The van der Waals surface area contributed by atoms with E-state index in [1.165, 1.54) is 23.3 Å². The fourth-order valence-corrected chi connectivity index (χ4v) is 4.68. The number of nitrogens with zero attached hydrogens (tertiary/aromatic N) is 2. The molecule has 0 aromatic heterocycles. The minimum atomic E-state index is -3.48. The zero-order chi connectivity index (χ0) is 20.1. The Balaban J connectivity index is 1.48. The molecule has 0 unspecified atom stereocenters. The van der Waals surface area contributed by atoms with E-state index < -0.39 is 9.84 Å². The Morgan fingerprint density at radius 1 is 1.00 bits per heavy atom. The molecule has 3 rings (SSSR count). The molecule has 0 aliphatic carbocycles. The van der Waals surface area contributed by atoms with Crippen molar-refractivity contribution in [1.82, 2.24) is 9.80 Å². The van der Waals surface area contributed by atoms with E-state index in [1.807, 2.05) is 12.1 Å². The molecular formula is C21H25ClN2O3S. The molecule has 1 heterocycles. The zero-order valence-electron chi connectivity index (χ0n) is 16.0. The molecule has 1 fully saturated rings.